The van der Waals surface area contributed by atoms with Crippen LogP contribution in [0.25, 0.3) is 10.2 Å². The molecule has 1 aliphatic carbocycles. The van der Waals surface area contributed by atoms with E-state index in [1.54, 1.807) is 13.4 Å². The van der Waals surface area contributed by atoms with Gasteiger partial charge in [0.2, 0.25) is 0 Å². The van der Waals surface area contributed by atoms with Crippen LogP contribution in [0.2, 0.25) is 0 Å². The normalized spacial score (nSPS) is 15.9. The number of thiophene rings is 1. The monoisotopic (exact) mass is 410 g/mol. The first-order valence-electron chi connectivity index (χ1n) is 10.0. The van der Waals surface area contributed by atoms with Crippen LogP contribution in [0, 0.1) is 6.92 Å². The van der Waals surface area contributed by atoms with Gasteiger partial charge in [-0.15, -0.1) is 11.3 Å². The number of anilines is 1. The zero-order chi connectivity index (χ0) is 20.2. The highest BCUT2D eigenvalue weighted by atomic mass is 32.1. The summed E-state index contributed by atoms with van der Waals surface area (Å²) in [6.07, 6.45) is 5.58. The molecule has 0 aliphatic heterocycles. The molecular weight excluding hydrogens is 384 g/mol. The second-order valence-corrected chi connectivity index (χ2v) is 8.35. The van der Waals surface area contributed by atoms with Crippen LogP contribution >= 0.6 is 11.3 Å². The maximum atomic E-state index is 13.1. The fourth-order valence-corrected chi connectivity index (χ4v) is 5.03. The molecule has 0 saturated heterocycles. The Morgan fingerprint density at radius 1 is 1.31 bits per heavy atom. The van der Waals surface area contributed by atoms with Crippen molar-refractivity contribution in [2.45, 2.75) is 38.6 Å². The first-order valence-corrected chi connectivity index (χ1v) is 10.9. The minimum Gasteiger partial charge on any atom is -0.385 e. The minimum atomic E-state index is -0.0301. The Balaban J connectivity index is 1.56. The summed E-state index contributed by atoms with van der Waals surface area (Å²) in [6, 6.07) is 8.47. The molecule has 4 rings (SSSR count). The predicted octanol–water partition coefficient (Wildman–Crippen LogP) is 4.26. The number of aryl methyl sites for hydroxylation is 2. The van der Waals surface area contributed by atoms with Crippen molar-refractivity contribution in [1.29, 1.82) is 0 Å². The number of hydrogen-bond acceptors (Lipinski definition) is 6. The van der Waals surface area contributed by atoms with Crippen LogP contribution in [0.15, 0.2) is 30.6 Å². The lowest BCUT2D eigenvalue weighted by Gasteiger charge is -2.26. The highest BCUT2D eigenvalue weighted by Crippen LogP contribution is 2.35. The molecule has 7 heteroatoms. The molecule has 29 heavy (non-hydrogen) atoms. The molecule has 1 aliphatic rings. The van der Waals surface area contributed by atoms with Crippen LogP contribution in [-0.2, 0) is 11.2 Å². The second-order valence-electron chi connectivity index (χ2n) is 7.35. The number of aromatic nitrogens is 2. The van der Waals surface area contributed by atoms with E-state index in [2.05, 4.69) is 38.8 Å². The summed E-state index contributed by atoms with van der Waals surface area (Å²) in [7, 11) is 1.70. The lowest BCUT2D eigenvalue weighted by molar-refractivity contribution is 0.0936. The second kappa shape index (κ2) is 8.88. The van der Waals surface area contributed by atoms with Crippen molar-refractivity contribution in [3.63, 3.8) is 0 Å². The van der Waals surface area contributed by atoms with Crippen LogP contribution < -0.4 is 10.6 Å². The van der Waals surface area contributed by atoms with Gasteiger partial charge in [0.05, 0.1) is 16.3 Å². The van der Waals surface area contributed by atoms with Gasteiger partial charge < -0.3 is 15.4 Å². The third-order valence-corrected chi connectivity index (χ3v) is 6.62. The lowest BCUT2D eigenvalue weighted by atomic mass is 9.87. The number of nitrogens with zero attached hydrogens (tertiary/aromatic N) is 2. The van der Waals surface area contributed by atoms with E-state index in [9.17, 15) is 4.79 Å². The molecule has 6 nitrogen and oxygen atoms in total. The van der Waals surface area contributed by atoms with Crippen molar-refractivity contribution in [2.24, 2.45) is 0 Å². The average molecular weight is 411 g/mol. The summed E-state index contributed by atoms with van der Waals surface area (Å²) in [6.45, 7) is 3.43. The molecule has 0 fully saturated rings. The number of carbonyl (C=O) groups excluding carboxylic acids is 1. The summed E-state index contributed by atoms with van der Waals surface area (Å²) >= 11 is 1.43. The fourth-order valence-electron chi connectivity index (χ4n) is 3.97. The van der Waals surface area contributed by atoms with E-state index in [1.807, 2.05) is 13.0 Å². The van der Waals surface area contributed by atoms with Gasteiger partial charge in [-0.2, -0.15) is 0 Å². The third-order valence-electron chi connectivity index (χ3n) is 5.43. The van der Waals surface area contributed by atoms with Crippen LogP contribution in [0.5, 0.6) is 0 Å². The van der Waals surface area contributed by atoms with Crippen molar-refractivity contribution in [3.05, 3.63) is 52.2 Å². The van der Waals surface area contributed by atoms with Crippen molar-refractivity contribution >= 4 is 33.3 Å². The van der Waals surface area contributed by atoms with E-state index >= 15 is 0 Å². The van der Waals surface area contributed by atoms with E-state index in [-0.39, 0.29) is 11.9 Å². The molecule has 2 N–H and O–H groups in total. The molecule has 0 bridgehead atoms. The standard InChI is InChI=1S/C22H26N4O2S/c1-14-18-20(23-11-6-12-28-2)24-13-25-22(18)29-19(14)21(27)26-17-10-5-8-15-7-3-4-9-16(15)17/h3-4,7,9,13,17H,5-6,8,10-12H2,1-2H3,(H,26,27)(H,23,24,25)/t17-/m0/s1. The first kappa shape index (κ1) is 19.8. The van der Waals surface area contributed by atoms with E-state index in [4.69, 9.17) is 4.74 Å². The quantitative estimate of drug-likeness (QED) is 0.569. The average Bonchev–Trinajstić information content (AvgIpc) is 3.09. The number of ether oxygens (including phenoxy) is 1. The maximum Gasteiger partial charge on any atom is 0.262 e. The van der Waals surface area contributed by atoms with Crippen LogP contribution in [0.4, 0.5) is 5.82 Å². The first-order chi connectivity index (χ1) is 14.2. The van der Waals surface area contributed by atoms with Crippen molar-refractivity contribution in [3.8, 4) is 0 Å². The number of amides is 1. The third kappa shape index (κ3) is 4.11. The van der Waals surface area contributed by atoms with E-state index in [0.717, 1.165) is 53.8 Å². The molecule has 0 radical (unpaired) electrons. The molecule has 152 valence electrons. The predicted molar refractivity (Wildman–Crippen MR) is 117 cm³/mol. The SMILES string of the molecule is COCCCNc1ncnc2sc(C(=O)N[C@H]3CCCc4ccccc43)c(C)c12. The van der Waals surface area contributed by atoms with Gasteiger partial charge in [0.15, 0.2) is 0 Å². The molecule has 0 spiro atoms. The zero-order valence-corrected chi connectivity index (χ0v) is 17.6. The Kier molecular flexibility index (Phi) is 6.06. The van der Waals surface area contributed by atoms with E-state index in [0.29, 0.717) is 11.5 Å². The summed E-state index contributed by atoms with van der Waals surface area (Å²) in [4.78, 5) is 23.5. The van der Waals surface area contributed by atoms with Gasteiger partial charge in [-0.1, -0.05) is 24.3 Å². The number of benzene rings is 1. The van der Waals surface area contributed by atoms with Crippen molar-refractivity contribution in [1.82, 2.24) is 15.3 Å². The largest absolute Gasteiger partial charge is 0.385 e. The number of rotatable bonds is 7. The van der Waals surface area contributed by atoms with E-state index in [1.165, 1.54) is 22.5 Å². The fraction of sp³-hybridized carbons (Fsp3) is 0.409. The molecule has 1 amide bonds. The molecule has 0 unspecified atom stereocenters. The van der Waals surface area contributed by atoms with Gasteiger partial charge in [-0.3, -0.25) is 4.79 Å². The smallest absolute Gasteiger partial charge is 0.262 e. The van der Waals surface area contributed by atoms with E-state index < -0.39 is 0 Å². The Morgan fingerprint density at radius 3 is 3.03 bits per heavy atom. The molecule has 0 saturated carbocycles. The Morgan fingerprint density at radius 2 is 2.17 bits per heavy atom. The number of methoxy groups -OCH3 is 1. The summed E-state index contributed by atoms with van der Waals surface area (Å²) < 4.78 is 5.10. The topological polar surface area (TPSA) is 76.1 Å². The summed E-state index contributed by atoms with van der Waals surface area (Å²) in [5, 5.41) is 7.55. The zero-order valence-electron chi connectivity index (χ0n) is 16.8. The number of fused-ring (bicyclic) bond motifs is 2. The Labute approximate surface area is 174 Å². The number of carbonyl (C=O) groups is 1. The van der Waals surface area contributed by atoms with Crippen LogP contribution in [0.1, 0.15) is 51.7 Å². The van der Waals surface area contributed by atoms with Gasteiger partial charge in [-0.25, -0.2) is 9.97 Å². The van der Waals surface area contributed by atoms with Crippen LogP contribution in [0.3, 0.4) is 0 Å². The van der Waals surface area contributed by atoms with Gasteiger partial charge in [0.25, 0.3) is 5.91 Å². The van der Waals surface area contributed by atoms with Gasteiger partial charge in [0.1, 0.15) is 17.0 Å². The maximum absolute atomic E-state index is 13.1. The highest BCUT2D eigenvalue weighted by molar-refractivity contribution is 7.20. The van der Waals surface area contributed by atoms with Crippen LogP contribution in [-0.4, -0.2) is 36.1 Å². The highest BCUT2D eigenvalue weighted by Gasteiger charge is 2.25. The minimum absolute atomic E-state index is 0.0301. The Bertz CT molecular complexity index is 1020. The Hall–Kier alpha value is -2.51. The summed E-state index contributed by atoms with van der Waals surface area (Å²) in [5.74, 6) is 0.749. The van der Waals surface area contributed by atoms with Gasteiger partial charge in [0, 0.05) is 20.3 Å². The van der Waals surface area contributed by atoms with Gasteiger partial charge in [-0.05, 0) is 49.3 Å². The molecule has 1 atom stereocenters. The summed E-state index contributed by atoms with van der Waals surface area (Å²) in [5.41, 5.74) is 3.51. The van der Waals surface area contributed by atoms with Gasteiger partial charge >= 0.3 is 0 Å². The molecular formula is C22H26N4O2S. The number of nitrogens with one attached hydrogen (secondary N) is 2. The van der Waals surface area contributed by atoms with Crippen molar-refractivity contribution < 1.29 is 9.53 Å². The molecule has 1 aromatic carbocycles. The lowest BCUT2D eigenvalue weighted by Crippen LogP contribution is -2.30. The van der Waals surface area contributed by atoms with Crippen molar-refractivity contribution in [2.75, 3.05) is 25.6 Å². The molecule has 2 aromatic heterocycles. The molecule has 3 aromatic rings. The molecule has 2 heterocycles. The number of hydrogen-bond donors (Lipinski definition) is 2.